The quantitative estimate of drug-likeness (QED) is 0.385. The van der Waals surface area contributed by atoms with Gasteiger partial charge in [-0.1, -0.05) is 12.1 Å². The number of rotatable bonds is 7. The van der Waals surface area contributed by atoms with E-state index in [2.05, 4.69) is 25.5 Å². The highest BCUT2D eigenvalue weighted by atomic mass is 79.9. The molecule has 9 heteroatoms. The minimum Gasteiger partial charge on any atom is -0.342 e. The van der Waals surface area contributed by atoms with Crippen molar-refractivity contribution in [3.63, 3.8) is 0 Å². The summed E-state index contributed by atoms with van der Waals surface area (Å²) in [6.07, 6.45) is 7.37. The molecule has 0 N–H and O–H groups in total. The number of nitrogens with zero attached hydrogens (tertiary/aromatic N) is 4. The number of fused-ring (bicyclic) bond motifs is 2. The van der Waals surface area contributed by atoms with Gasteiger partial charge in [0.25, 0.3) is 0 Å². The normalized spacial score (nSPS) is 14.6. The van der Waals surface area contributed by atoms with Crippen LogP contribution in [-0.2, 0) is 22.9 Å². The minimum atomic E-state index is -3.04. The first kappa shape index (κ1) is 20.5. The van der Waals surface area contributed by atoms with E-state index in [9.17, 15) is 13.2 Å². The van der Waals surface area contributed by atoms with Crippen LogP contribution < -0.4 is 5.69 Å². The van der Waals surface area contributed by atoms with Crippen molar-refractivity contribution < 1.29 is 8.42 Å². The number of pyridine rings is 1. The molecule has 162 valence electrons. The van der Waals surface area contributed by atoms with Gasteiger partial charge in [-0.3, -0.25) is 14.1 Å². The Morgan fingerprint density at radius 1 is 1.10 bits per heavy atom. The van der Waals surface area contributed by atoms with Gasteiger partial charge in [-0.15, -0.1) is 0 Å². The van der Waals surface area contributed by atoms with E-state index in [0.717, 1.165) is 44.9 Å². The van der Waals surface area contributed by atoms with Crippen LogP contribution in [0.1, 0.15) is 31.0 Å². The minimum absolute atomic E-state index is 0.00154. The Morgan fingerprint density at radius 2 is 1.84 bits per heavy atom. The number of benzene rings is 1. The summed E-state index contributed by atoms with van der Waals surface area (Å²) < 4.78 is 30.1. The van der Waals surface area contributed by atoms with E-state index in [1.807, 2.05) is 39.5 Å². The number of hydrogen-bond acceptors (Lipinski definition) is 4. The summed E-state index contributed by atoms with van der Waals surface area (Å²) >= 11 is 3.73. The van der Waals surface area contributed by atoms with Crippen LogP contribution in [0.2, 0.25) is 0 Å². The fourth-order valence-electron chi connectivity index (χ4n) is 4.33. The topological polar surface area (TPSA) is 78.9 Å². The van der Waals surface area contributed by atoms with Gasteiger partial charge in [0, 0.05) is 41.1 Å². The number of aromatic nitrogens is 4. The van der Waals surface area contributed by atoms with E-state index in [1.165, 1.54) is 6.26 Å². The first-order valence-corrected chi connectivity index (χ1v) is 13.2. The summed E-state index contributed by atoms with van der Waals surface area (Å²) in [6.45, 7) is 0.942. The molecule has 31 heavy (non-hydrogen) atoms. The third-order valence-electron chi connectivity index (χ3n) is 5.89. The third kappa shape index (κ3) is 3.74. The monoisotopic (exact) mass is 502 g/mol. The van der Waals surface area contributed by atoms with Crippen molar-refractivity contribution in [2.45, 2.75) is 38.4 Å². The summed E-state index contributed by atoms with van der Waals surface area (Å²) in [5, 5.41) is 0.954. The zero-order valence-electron chi connectivity index (χ0n) is 17.2. The molecule has 0 bridgehead atoms. The molecule has 0 aliphatic heterocycles. The lowest BCUT2D eigenvalue weighted by Crippen LogP contribution is -2.25. The fourth-order valence-corrected chi connectivity index (χ4v) is 5.62. The Morgan fingerprint density at radius 3 is 2.55 bits per heavy atom. The molecule has 3 heterocycles. The largest absolute Gasteiger partial charge is 0.342 e. The zero-order valence-corrected chi connectivity index (χ0v) is 19.6. The maximum Gasteiger partial charge on any atom is 0.329 e. The van der Waals surface area contributed by atoms with Crippen LogP contribution >= 0.6 is 15.9 Å². The highest BCUT2D eigenvalue weighted by Crippen LogP contribution is 2.37. The fraction of sp³-hybridized carbons (Fsp3) is 0.364. The lowest BCUT2D eigenvalue weighted by atomic mass is 10.3. The molecule has 3 aromatic heterocycles. The molecule has 1 aromatic carbocycles. The van der Waals surface area contributed by atoms with Crippen LogP contribution in [-0.4, -0.2) is 39.1 Å². The molecule has 4 aromatic rings. The number of imidazole rings is 1. The number of halogens is 1. The second kappa shape index (κ2) is 7.63. The maximum absolute atomic E-state index is 13.4. The van der Waals surface area contributed by atoms with Gasteiger partial charge in [0.05, 0.1) is 34.5 Å². The van der Waals surface area contributed by atoms with Gasteiger partial charge in [0.2, 0.25) is 0 Å². The number of hydrogen-bond donors (Lipinski definition) is 0. The SMILES string of the molecule is CS(=O)(=O)CCCn1c(Cn2c(=O)n(C3CC3)c3ccccc32)c(Br)c2cnccc21. The third-order valence-corrected chi connectivity index (χ3v) is 7.81. The predicted octanol–water partition coefficient (Wildman–Crippen LogP) is 3.73. The average Bonchev–Trinajstić information content (AvgIpc) is 3.48. The molecular formula is C22H23BrN4O3S. The molecule has 7 nitrogen and oxygen atoms in total. The molecule has 0 amide bonds. The lowest BCUT2D eigenvalue weighted by Gasteiger charge is -2.12. The van der Waals surface area contributed by atoms with E-state index in [1.54, 1.807) is 12.4 Å². The van der Waals surface area contributed by atoms with Gasteiger partial charge in [0.15, 0.2) is 0 Å². The standard InChI is InChI=1S/C22H23BrN4O3S/c1-31(29,30)12-4-11-25-17-9-10-24-13-16(17)21(23)20(25)14-26-18-5-2-3-6-19(18)27(22(26)28)15-7-8-15/h2-3,5-6,9-10,13,15H,4,7-8,11-12,14H2,1H3. The van der Waals surface area contributed by atoms with Crippen LogP contribution in [0.3, 0.4) is 0 Å². The highest BCUT2D eigenvalue weighted by Gasteiger charge is 2.29. The molecule has 1 saturated carbocycles. The lowest BCUT2D eigenvalue weighted by molar-refractivity contribution is 0.587. The van der Waals surface area contributed by atoms with E-state index >= 15 is 0 Å². The maximum atomic E-state index is 13.4. The Balaban J connectivity index is 1.63. The van der Waals surface area contributed by atoms with Crippen LogP contribution in [0.25, 0.3) is 21.9 Å². The van der Waals surface area contributed by atoms with Crippen LogP contribution in [0.5, 0.6) is 0 Å². The van der Waals surface area contributed by atoms with Gasteiger partial charge in [-0.25, -0.2) is 13.2 Å². The van der Waals surface area contributed by atoms with Crippen molar-refractivity contribution in [3.8, 4) is 0 Å². The Bertz CT molecular complexity index is 1460. The Labute approximate surface area is 188 Å². The van der Waals surface area contributed by atoms with Crippen molar-refractivity contribution in [2.75, 3.05) is 12.0 Å². The first-order chi connectivity index (χ1) is 14.8. The molecule has 0 spiro atoms. The van der Waals surface area contributed by atoms with E-state index in [-0.39, 0.29) is 17.5 Å². The van der Waals surface area contributed by atoms with Crippen molar-refractivity contribution >= 4 is 47.7 Å². The molecule has 1 aliphatic rings. The predicted molar refractivity (Wildman–Crippen MR) is 125 cm³/mol. The molecule has 0 saturated heterocycles. The second-order valence-corrected chi connectivity index (χ2v) is 11.3. The molecule has 0 unspecified atom stereocenters. The highest BCUT2D eigenvalue weighted by molar-refractivity contribution is 9.10. The number of aryl methyl sites for hydroxylation is 1. The van der Waals surface area contributed by atoms with Crippen LogP contribution in [0.4, 0.5) is 0 Å². The molecule has 5 rings (SSSR count). The van der Waals surface area contributed by atoms with Gasteiger partial charge in [-0.2, -0.15) is 0 Å². The summed E-state index contributed by atoms with van der Waals surface area (Å²) in [7, 11) is -3.04. The van der Waals surface area contributed by atoms with Gasteiger partial charge >= 0.3 is 5.69 Å². The molecule has 0 radical (unpaired) electrons. The molecular weight excluding hydrogens is 480 g/mol. The molecule has 0 atom stereocenters. The first-order valence-electron chi connectivity index (χ1n) is 10.3. The summed E-state index contributed by atoms with van der Waals surface area (Å²) in [5.74, 6) is 0.121. The van der Waals surface area contributed by atoms with Gasteiger partial charge in [-0.05, 0) is 53.4 Å². The number of para-hydroxylation sites is 2. The smallest absolute Gasteiger partial charge is 0.329 e. The van der Waals surface area contributed by atoms with Crippen molar-refractivity contribution in [1.82, 2.24) is 18.7 Å². The van der Waals surface area contributed by atoms with E-state index in [0.29, 0.717) is 19.5 Å². The Hall–Kier alpha value is -2.39. The van der Waals surface area contributed by atoms with Gasteiger partial charge < -0.3 is 4.57 Å². The Kier molecular flexibility index (Phi) is 5.05. The molecule has 1 fully saturated rings. The average molecular weight is 503 g/mol. The van der Waals surface area contributed by atoms with Crippen molar-refractivity contribution in [1.29, 1.82) is 0 Å². The van der Waals surface area contributed by atoms with Crippen LogP contribution in [0, 0.1) is 0 Å². The van der Waals surface area contributed by atoms with E-state index < -0.39 is 9.84 Å². The molecule has 1 aliphatic carbocycles. The van der Waals surface area contributed by atoms with E-state index in [4.69, 9.17) is 0 Å². The summed E-state index contributed by atoms with van der Waals surface area (Å²) in [6, 6.07) is 10.1. The summed E-state index contributed by atoms with van der Waals surface area (Å²) in [5.41, 5.74) is 3.80. The summed E-state index contributed by atoms with van der Waals surface area (Å²) in [4.78, 5) is 17.6. The van der Waals surface area contributed by atoms with Crippen molar-refractivity contribution in [3.05, 3.63) is 63.4 Å². The van der Waals surface area contributed by atoms with Crippen molar-refractivity contribution in [2.24, 2.45) is 0 Å². The zero-order chi connectivity index (χ0) is 21.8. The number of sulfone groups is 1. The second-order valence-electron chi connectivity index (χ2n) is 8.25. The van der Waals surface area contributed by atoms with Crippen LogP contribution in [0.15, 0.2) is 52.0 Å². The van der Waals surface area contributed by atoms with Gasteiger partial charge in [0.1, 0.15) is 9.84 Å².